The summed E-state index contributed by atoms with van der Waals surface area (Å²) in [7, 11) is 4.12. The van der Waals surface area contributed by atoms with E-state index < -0.39 is 0 Å². The maximum atomic E-state index is 11.1. The molecular weight excluding hydrogens is 278 g/mol. The molecule has 2 N–H and O–H groups in total. The Morgan fingerprint density at radius 3 is 1.73 bits per heavy atom. The van der Waals surface area contributed by atoms with Crippen LogP contribution in [0.2, 0.25) is 0 Å². The smallest absolute Gasteiger partial charge is 0.217 e. The zero-order valence-electron chi connectivity index (χ0n) is 14.2. The van der Waals surface area contributed by atoms with E-state index in [0.29, 0.717) is 19.1 Å². The standard InChI is InChI=1S/C17H27N3O2/c1-12(20(4)5)6-15-7-16(10-18-13(2)21)9-17(8-15)11-19-14(3)22/h7-9,12H,6,10-11H2,1-5H3,(H,18,21)(H,19,22). The highest BCUT2D eigenvalue weighted by molar-refractivity contribution is 5.73. The molecule has 5 heteroatoms. The van der Waals surface area contributed by atoms with E-state index in [-0.39, 0.29) is 11.8 Å². The van der Waals surface area contributed by atoms with Crippen LogP contribution in [-0.4, -0.2) is 36.9 Å². The Kier molecular flexibility index (Phi) is 7.05. The van der Waals surface area contributed by atoms with Crippen molar-refractivity contribution in [1.29, 1.82) is 0 Å². The number of hydrogen-bond donors (Lipinski definition) is 2. The van der Waals surface area contributed by atoms with Crippen molar-refractivity contribution >= 4 is 11.8 Å². The lowest BCUT2D eigenvalue weighted by atomic mass is 10.00. The summed E-state index contributed by atoms with van der Waals surface area (Å²) in [6.45, 7) is 6.21. The maximum Gasteiger partial charge on any atom is 0.217 e. The van der Waals surface area contributed by atoms with Gasteiger partial charge in [0.25, 0.3) is 0 Å². The lowest BCUT2D eigenvalue weighted by Crippen LogP contribution is -2.27. The molecule has 0 saturated heterocycles. The van der Waals surface area contributed by atoms with E-state index in [1.54, 1.807) is 0 Å². The van der Waals surface area contributed by atoms with Crippen LogP contribution in [0.5, 0.6) is 0 Å². The lowest BCUT2D eigenvalue weighted by Gasteiger charge is -2.20. The van der Waals surface area contributed by atoms with Gasteiger partial charge in [0.1, 0.15) is 0 Å². The van der Waals surface area contributed by atoms with Crippen LogP contribution >= 0.6 is 0 Å². The van der Waals surface area contributed by atoms with Crippen molar-refractivity contribution in [3.63, 3.8) is 0 Å². The first-order chi connectivity index (χ1) is 10.3. The van der Waals surface area contributed by atoms with Crippen molar-refractivity contribution in [2.24, 2.45) is 0 Å². The molecule has 0 aromatic heterocycles. The van der Waals surface area contributed by atoms with E-state index in [1.807, 2.05) is 6.07 Å². The monoisotopic (exact) mass is 305 g/mol. The van der Waals surface area contributed by atoms with E-state index in [9.17, 15) is 9.59 Å². The molecule has 1 aromatic carbocycles. The first kappa shape index (κ1) is 18.2. The average molecular weight is 305 g/mol. The van der Waals surface area contributed by atoms with Crippen LogP contribution in [0.4, 0.5) is 0 Å². The van der Waals surface area contributed by atoms with Gasteiger partial charge in [0.15, 0.2) is 0 Å². The van der Waals surface area contributed by atoms with Gasteiger partial charge in [-0.15, -0.1) is 0 Å². The fraction of sp³-hybridized carbons (Fsp3) is 0.529. The number of likely N-dealkylation sites (N-methyl/N-ethyl adjacent to an activating group) is 1. The van der Waals surface area contributed by atoms with Crippen LogP contribution in [0.25, 0.3) is 0 Å². The second-order valence-corrected chi connectivity index (χ2v) is 5.99. The summed E-state index contributed by atoms with van der Waals surface area (Å²) in [5.74, 6) is -0.0917. The number of rotatable bonds is 7. The fourth-order valence-corrected chi connectivity index (χ4v) is 2.14. The molecule has 1 aromatic rings. The molecule has 22 heavy (non-hydrogen) atoms. The van der Waals surface area contributed by atoms with Crippen molar-refractivity contribution in [1.82, 2.24) is 15.5 Å². The molecule has 0 aliphatic heterocycles. The molecule has 1 atom stereocenters. The van der Waals surface area contributed by atoms with Crippen LogP contribution in [-0.2, 0) is 29.1 Å². The zero-order valence-corrected chi connectivity index (χ0v) is 14.2. The molecular formula is C17H27N3O2. The largest absolute Gasteiger partial charge is 0.352 e. The number of nitrogens with one attached hydrogen (secondary N) is 2. The second-order valence-electron chi connectivity index (χ2n) is 5.99. The van der Waals surface area contributed by atoms with Gasteiger partial charge in [-0.25, -0.2) is 0 Å². The summed E-state index contributed by atoms with van der Waals surface area (Å²) < 4.78 is 0. The molecule has 2 amide bonds. The molecule has 0 heterocycles. The van der Waals surface area contributed by atoms with Crippen molar-refractivity contribution in [2.45, 2.75) is 46.3 Å². The van der Waals surface area contributed by atoms with Gasteiger partial charge in [-0.3, -0.25) is 9.59 Å². The molecule has 0 fully saturated rings. The molecule has 1 rings (SSSR count). The van der Waals surface area contributed by atoms with E-state index in [0.717, 1.165) is 17.5 Å². The fourth-order valence-electron chi connectivity index (χ4n) is 2.14. The van der Waals surface area contributed by atoms with Crippen LogP contribution in [0, 0.1) is 0 Å². The molecule has 122 valence electrons. The maximum absolute atomic E-state index is 11.1. The minimum Gasteiger partial charge on any atom is -0.352 e. The summed E-state index contributed by atoms with van der Waals surface area (Å²) in [5, 5.41) is 5.64. The minimum absolute atomic E-state index is 0.0459. The van der Waals surface area contributed by atoms with Gasteiger partial charge in [-0.1, -0.05) is 18.2 Å². The summed E-state index contributed by atoms with van der Waals surface area (Å²) in [5.41, 5.74) is 3.32. The van der Waals surface area contributed by atoms with E-state index in [2.05, 4.69) is 48.7 Å². The number of benzene rings is 1. The summed E-state index contributed by atoms with van der Waals surface area (Å²) in [4.78, 5) is 24.4. The Morgan fingerprint density at radius 2 is 1.36 bits per heavy atom. The lowest BCUT2D eigenvalue weighted by molar-refractivity contribution is -0.119. The summed E-state index contributed by atoms with van der Waals surface area (Å²) in [6.07, 6.45) is 0.925. The Morgan fingerprint density at radius 1 is 0.955 bits per heavy atom. The topological polar surface area (TPSA) is 61.4 Å². The SMILES string of the molecule is CC(=O)NCc1cc(CNC(C)=O)cc(CC(C)N(C)C)c1. The van der Waals surface area contributed by atoms with Crippen LogP contribution in [0.15, 0.2) is 18.2 Å². The van der Waals surface area contributed by atoms with Crippen LogP contribution < -0.4 is 10.6 Å². The van der Waals surface area contributed by atoms with Gasteiger partial charge in [0.05, 0.1) is 0 Å². The van der Waals surface area contributed by atoms with E-state index >= 15 is 0 Å². The van der Waals surface area contributed by atoms with Gasteiger partial charge >= 0.3 is 0 Å². The number of amides is 2. The molecule has 0 radical (unpaired) electrons. The zero-order chi connectivity index (χ0) is 16.7. The van der Waals surface area contributed by atoms with Gasteiger partial charge < -0.3 is 15.5 Å². The molecule has 0 saturated carbocycles. The highest BCUT2D eigenvalue weighted by atomic mass is 16.1. The third-order valence-corrected chi connectivity index (χ3v) is 3.61. The Balaban J connectivity index is 2.92. The quantitative estimate of drug-likeness (QED) is 0.801. The molecule has 0 aliphatic rings. The second kappa shape index (κ2) is 8.54. The van der Waals surface area contributed by atoms with Crippen molar-refractivity contribution in [3.05, 3.63) is 34.9 Å². The molecule has 0 aliphatic carbocycles. The van der Waals surface area contributed by atoms with Crippen molar-refractivity contribution < 1.29 is 9.59 Å². The first-order valence-electron chi connectivity index (χ1n) is 7.55. The molecule has 0 spiro atoms. The van der Waals surface area contributed by atoms with Crippen molar-refractivity contribution in [3.8, 4) is 0 Å². The minimum atomic E-state index is -0.0459. The number of nitrogens with zero attached hydrogens (tertiary/aromatic N) is 1. The third-order valence-electron chi connectivity index (χ3n) is 3.61. The Labute approximate surface area is 133 Å². The molecule has 5 nitrogen and oxygen atoms in total. The van der Waals surface area contributed by atoms with Gasteiger partial charge in [0, 0.05) is 33.0 Å². The normalized spacial score (nSPS) is 12.1. The highest BCUT2D eigenvalue weighted by Crippen LogP contribution is 2.14. The van der Waals surface area contributed by atoms with Crippen molar-refractivity contribution in [2.75, 3.05) is 14.1 Å². The number of carbonyl (C=O) groups excluding carboxylic acids is 2. The third kappa shape index (κ3) is 6.72. The first-order valence-corrected chi connectivity index (χ1v) is 7.55. The van der Waals surface area contributed by atoms with Gasteiger partial charge in [-0.05, 0) is 44.1 Å². The average Bonchev–Trinajstić information content (AvgIpc) is 2.42. The van der Waals surface area contributed by atoms with E-state index in [1.165, 1.54) is 19.4 Å². The highest BCUT2D eigenvalue weighted by Gasteiger charge is 2.09. The van der Waals surface area contributed by atoms with E-state index in [4.69, 9.17) is 0 Å². The number of hydrogen-bond acceptors (Lipinski definition) is 3. The molecule has 0 bridgehead atoms. The Bertz CT molecular complexity index is 490. The molecule has 1 unspecified atom stereocenters. The number of carbonyl (C=O) groups is 2. The van der Waals surface area contributed by atoms with Gasteiger partial charge in [-0.2, -0.15) is 0 Å². The van der Waals surface area contributed by atoms with Gasteiger partial charge in [0.2, 0.25) is 11.8 Å². The predicted octanol–water partition coefficient (Wildman–Crippen LogP) is 1.45. The predicted molar refractivity (Wildman–Crippen MR) is 88.3 cm³/mol. The van der Waals surface area contributed by atoms with Crippen LogP contribution in [0.3, 0.4) is 0 Å². The van der Waals surface area contributed by atoms with Crippen LogP contribution in [0.1, 0.15) is 37.5 Å². The summed E-state index contributed by atoms with van der Waals surface area (Å²) in [6, 6.07) is 6.68. The summed E-state index contributed by atoms with van der Waals surface area (Å²) >= 11 is 0. The Hall–Kier alpha value is -1.88.